The normalized spacial score (nSPS) is 21.4. The third-order valence-corrected chi connectivity index (χ3v) is 4.35. The molecule has 1 atom stereocenters. The number of nitrogens with zero attached hydrogens (tertiary/aromatic N) is 2. The second-order valence-corrected chi connectivity index (χ2v) is 5.86. The fourth-order valence-corrected chi connectivity index (χ4v) is 3.36. The van der Waals surface area contributed by atoms with E-state index in [4.69, 9.17) is 4.74 Å². The van der Waals surface area contributed by atoms with Crippen LogP contribution < -0.4 is 15.0 Å². The fourth-order valence-electron chi connectivity index (χ4n) is 3.36. The van der Waals surface area contributed by atoms with Crippen molar-refractivity contribution in [2.45, 2.75) is 32.4 Å². The van der Waals surface area contributed by atoms with Gasteiger partial charge in [0.2, 0.25) is 0 Å². The summed E-state index contributed by atoms with van der Waals surface area (Å²) in [6.45, 7) is 5.63. The standard InChI is InChI=1S/C16H23N3O2/c1-3-17-16(20)21-14-6-7-15-12(9-14)10-19-8-4-5-13(19)11-18(15)2/h6-7,9,13H,3-5,8,10-11H2,1-2H3,(H,17,20). The van der Waals surface area contributed by atoms with E-state index in [0.29, 0.717) is 18.3 Å². The van der Waals surface area contributed by atoms with Gasteiger partial charge in [-0.1, -0.05) is 0 Å². The van der Waals surface area contributed by atoms with Crippen LogP contribution in [0.25, 0.3) is 0 Å². The van der Waals surface area contributed by atoms with Gasteiger partial charge in [0.1, 0.15) is 5.75 Å². The lowest BCUT2D eigenvalue weighted by Gasteiger charge is -2.24. The number of anilines is 1. The maximum Gasteiger partial charge on any atom is 0.412 e. The van der Waals surface area contributed by atoms with E-state index >= 15 is 0 Å². The van der Waals surface area contributed by atoms with E-state index in [-0.39, 0.29) is 0 Å². The van der Waals surface area contributed by atoms with Crippen molar-refractivity contribution in [2.24, 2.45) is 0 Å². The molecule has 3 rings (SSSR count). The van der Waals surface area contributed by atoms with Gasteiger partial charge < -0.3 is 15.0 Å². The molecule has 5 nitrogen and oxygen atoms in total. The summed E-state index contributed by atoms with van der Waals surface area (Å²) in [7, 11) is 2.14. The number of benzene rings is 1. The van der Waals surface area contributed by atoms with Crippen LogP contribution in [0.1, 0.15) is 25.3 Å². The van der Waals surface area contributed by atoms with Crippen molar-refractivity contribution in [3.63, 3.8) is 0 Å². The lowest BCUT2D eigenvalue weighted by molar-refractivity contribution is 0.201. The van der Waals surface area contributed by atoms with Crippen LogP contribution in [-0.2, 0) is 6.54 Å². The van der Waals surface area contributed by atoms with Crippen LogP contribution in [0.4, 0.5) is 10.5 Å². The van der Waals surface area contributed by atoms with E-state index in [1.54, 1.807) is 0 Å². The molecule has 114 valence electrons. The minimum absolute atomic E-state index is 0.390. The van der Waals surface area contributed by atoms with Crippen molar-refractivity contribution < 1.29 is 9.53 Å². The van der Waals surface area contributed by atoms with Crippen molar-refractivity contribution in [2.75, 3.05) is 31.6 Å². The van der Waals surface area contributed by atoms with Gasteiger partial charge in [0.15, 0.2) is 0 Å². The molecule has 1 fully saturated rings. The van der Waals surface area contributed by atoms with Crippen LogP contribution in [0, 0.1) is 0 Å². The monoisotopic (exact) mass is 289 g/mol. The average molecular weight is 289 g/mol. The Morgan fingerprint density at radius 2 is 2.33 bits per heavy atom. The van der Waals surface area contributed by atoms with Gasteiger partial charge in [-0.25, -0.2) is 4.79 Å². The smallest absolute Gasteiger partial charge is 0.410 e. The van der Waals surface area contributed by atoms with Gasteiger partial charge in [0, 0.05) is 38.4 Å². The Morgan fingerprint density at radius 1 is 1.48 bits per heavy atom. The quantitative estimate of drug-likeness (QED) is 0.906. The van der Waals surface area contributed by atoms with E-state index < -0.39 is 6.09 Å². The molecule has 0 aromatic heterocycles. The summed E-state index contributed by atoms with van der Waals surface area (Å²) in [4.78, 5) is 16.4. The maximum atomic E-state index is 11.5. The topological polar surface area (TPSA) is 44.8 Å². The SMILES string of the molecule is CCNC(=O)Oc1ccc2c(c1)CN1CCCC1CN2C. The number of hydrogen-bond donors (Lipinski definition) is 1. The molecule has 0 aliphatic carbocycles. The third kappa shape index (κ3) is 2.97. The first-order valence-corrected chi connectivity index (χ1v) is 7.71. The van der Waals surface area contributed by atoms with Crippen molar-refractivity contribution in [1.82, 2.24) is 10.2 Å². The molecular weight excluding hydrogens is 266 g/mol. The Labute approximate surface area is 125 Å². The van der Waals surface area contributed by atoms with E-state index in [1.165, 1.54) is 30.6 Å². The zero-order valence-electron chi connectivity index (χ0n) is 12.8. The molecule has 1 unspecified atom stereocenters. The molecule has 2 aliphatic rings. The summed E-state index contributed by atoms with van der Waals surface area (Å²) in [6.07, 6.45) is 2.17. The first kappa shape index (κ1) is 14.2. The van der Waals surface area contributed by atoms with Crippen LogP contribution in [-0.4, -0.2) is 43.7 Å². The molecule has 0 spiro atoms. The highest BCUT2D eigenvalue weighted by Gasteiger charge is 2.30. The maximum absolute atomic E-state index is 11.5. The number of nitrogens with one attached hydrogen (secondary N) is 1. The van der Waals surface area contributed by atoms with Crippen molar-refractivity contribution in [3.8, 4) is 5.75 Å². The zero-order valence-corrected chi connectivity index (χ0v) is 12.8. The summed E-state index contributed by atoms with van der Waals surface area (Å²) in [6, 6.07) is 6.59. The van der Waals surface area contributed by atoms with E-state index in [9.17, 15) is 4.79 Å². The zero-order chi connectivity index (χ0) is 14.8. The van der Waals surface area contributed by atoms with Gasteiger partial charge in [-0.3, -0.25) is 4.90 Å². The van der Waals surface area contributed by atoms with Crippen LogP contribution >= 0.6 is 0 Å². The average Bonchev–Trinajstić information content (AvgIpc) is 2.81. The Morgan fingerprint density at radius 3 is 3.14 bits per heavy atom. The highest BCUT2D eigenvalue weighted by Crippen LogP contribution is 2.32. The summed E-state index contributed by atoms with van der Waals surface area (Å²) in [5, 5.41) is 2.65. The Balaban J connectivity index is 1.82. The predicted octanol–water partition coefficient (Wildman–Crippen LogP) is 2.21. The summed E-state index contributed by atoms with van der Waals surface area (Å²) in [5.74, 6) is 0.616. The number of ether oxygens (including phenoxy) is 1. The molecule has 0 radical (unpaired) electrons. The number of likely N-dealkylation sites (N-methyl/N-ethyl adjacent to an activating group) is 1. The van der Waals surface area contributed by atoms with Gasteiger partial charge in [0.05, 0.1) is 0 Å². The molecule has 2 aliphatic heterocycles. The second-order valence-electron chi connectivity index (χ2n) is 5.86. The van der Waals surface area contributed by atoms with Gasteiger partial charge in [0.25, 0.3) is 0 Å². The van der Waals surface area contributed by atoms with Gasteiger partial charge in [-0.15, -0.1) is 0 Å². The lowest BCUT2D eigenvalue weighted by atomic mass is 10.1. The molecule has 0 bridgehead atoms. The molecule has 1 aromatic carbocycles. The summed E-state index contributed by atoms with van der Waals surface area (Å²) in [5.41, 5.74) is 2.48. The molecule has 1 saturated heterocycles. The predicted molar refractivity (Wildman–Crippen MR) is 82.8 cm³/mol. The van der Waals surface area contributed by atoms with Crippen molar-refractivity contribution in [1.29, 1.82) is 0 Å². The molecular formula is C16H23N3O2. The number of carbonyl (C=O) groups is 1. The van der Waals surface area contributed by atoms with Gasteiger partial charge in [-0.05, 0) is 50.1 Å². The fraction of sp³-hybridized carbons (Fsp3) is 0.562. The summed E-state index contributed by atoms with van der Waals surface area (Å²) < 4.78 is 5.32. The van der Waals surface area contributed by atoms with E-state index in [1.807, 2.05) is 19.1 Å². The van der Waals surface area contributed by atoms with Crippen LogP contribution in [0.2, 0.25) is 0 Å². The van der Waals surface area contributed by atoms with Crippen LogP contribution in [0.15, 0.2) is 18.2 Å². The Hall–Kier alpha value is -1.75. The molecule has 1 amide bonds. The molecule has 2 heterocycles. The lowest BCUT2D eigenvalue weighted by Crippen LogP contribution is -2.35. The highest BCUT2D eigenvalue weighted by atomic mass is 16.6. The number of fused-ring (bicyclic) bond motifs is 2. The van der Waals surface area contributed by atoms with Gasteiger partial charge >= 0.3 is 6.09 Å². The molecule has 21 heavy (non-hydrogen) atoms. The molecule has 1 aromatic rings. The second kappa shape index (κ2) is 5.93. The Kier molecular flexibility index (Phi) is 4.01. The molecule has 1 N–H and O–H groups in total. The van der Waals surface area contributed by atoms with Crippen molar-refractivity contribution >= 4 is 11.8 Å². The van der Waals surface area contributed by atoms with Gasteiger partial charge in [-0.2, -0.15) is 0 Å². The number of carbonyl (C=O) groups excluding carboxylic acids is 1. The Bertz CT molecular complexity index is 532. The van der Waals surface area contributed by atoms with Crippen LogP contribution in [0.3, 0.4) is 0 Å². The number of rotatable bonds is 2. The molecule has 5 heteroatoms. The van der Waals surface area contributed by atoms with E-state index in [0.717, 1.165) is 13.1 Å². The minimum Gasteiger partial charge on any atom is -0.410 e. The highest BCUT2D eigenvalue weighted by molar-refractivity contribution is 5.71. The number of hydrogen-bond acceptors (Lipinski definition) is 4. The third-order valence-electron chi connectivity index (χ3n) is 4.35. The largest absolute Gasteiger partial charge is 0.412 e. The first-order valence-electron chi connectivity index (χ1n) is 7.71. The summed E-state index contributed by atoms with van der Waals surface area (Å²) >= 11 is 0. The van der Waals surface area contributed by atoms with E-state index in [2.05, 4.69) is 28.2 Å². The van der Waals surface area contributed by atoms with Crippen molar-refractivity contribution in [3.05, 3.63) is 23.8 Å². The molecule has 0 saturated carbocycles. The minimum atomic E-state index is -0.390. The first-order chi connectivity index (χ1) is 10.2. The number of amides is 1. The van der Waals surface area contributed by atoms with Crippen LogP contribution in [0.5, 0.6) is 5.75 Å².